The third-order valence-electron chi connectivity index (χ3n) is 4.58. The molecule has 0 aliphatic carbocycles. The second-order valence-corrected chi connectivity index (χ2v) is 6.23. The first-order chi connectivity index (χ1) is 13.3. The predicted molar refractivity (Wildman–Crippen MR) is 108 cm³/mol. The number of amides is 1. The third kappa shape index (κ3) is 3.40. The van der Waals surface area contributed by atoms with E-state index in [1.165, 1.54) is 23.4 Å². The highest BCUT2D eigenvalue weighted by Crippen LogP contribution is 2.24. The van der Waals surface area contributed by atoms with Gasteiger partial charge in [0, 0.05) is 29.2 Å². The summed E-state index contributed by atoms with van der Waals surface area (Å²) < 4.78 is 6.74. The molecule has 1 aromatic heterocycles. The number of ether oxygens (including phenoxy) is 1. The molecular formula is C22H19N3O2. The van der Waals surface area contributed by atoms with E-state index in [4.69, 9.17) is 0 Å². The molecule has 5 heteroatoms. The summed E-state index contributed by atoms with van der Waals surface area (Å²) in [5.74, 6) is 0. The molecule has 4 aromatic rings. The maximum Gasteiger partial charge on any atom is 0.427 e. The van der Waals surface area contributed by atoms with Gasteiger partial charge in [0.1, 0.15) is 0 Å². The molecule has 0 spiro atoms. The zero-order chi connectivity index (χ0) is 18.6. The summed E-state index contributed by atoms with van der Waals surface area (Å²) in [4.78, 5) is 11.2. The van der Waals surface area contributed by atoms with Crippen molar-refractivity contribution in [1.29, 1.82) is 0 Å². The first-order valence-corrected chi connectivity index (χ1v) is 8.68. The van der Waals surface area contributed by atoms with Crippen LogP contribution in [0.1, 0.15) is 11.1 Å². The minimum Gasteiger partial charge on any atom is -0.452 e. The molecular weight excluding hydrogens is 338 g/mol. The Morgan fingerprint density at radius 2 is 1.78 bits per heavy atom. The number of para-hydroxylation sites is 1. The smallest absolute Gasteiger partial charge is 0.427 e. The minimum absolute atomic E-state index is 0.592. The van der Waals surface area contributed by atoms with Gasteiger partial charge in [-0.05, 0) is 22.4 Å². The number of hydrogen-bond acceptors (Lipinski definition) is 3. The van der Waals surface area contributed by atoms with E-state index < -0.39 is 6.09 Å². The van der Waals surface area contributed by atoms with Crippen molar-refractivity contribution >= 4 is 34.0 Å². The van der Waals surface area contributed by atoms with Crippen molar-refractivity contribution in [2.24, 2.45) is 5.10 Å². The molecule has 27 heavy (non-hydrogen) atoms. The van der Waals surface area contributed by atoms with Crippen LogP contribution in [-0.4, -0.2) is 24.0 Å². The lowest BCUT2D eigenvalue weighted by Gasteiger charge is -2.09. The fourth-order valence-corrected chi connectivity index (χ4v) is 3.32. The zero-order valence-corrected chi connectivity index (χ0v) is 14.9. The maximum absolute atomic E-state index is 11.2. The lowest BCUT2D eigenvalue weighted by atomic mass is 10.0. The van der Waals surface area contributed by atoms with Crippen LogP contribution in [0.5, 0.6) is 0 Å². The first kappa shape index (κ1) is 16.8. The van der Waals surface area contributed by atoms with Gasteiger partial charge in [-0.2, -0.15) is 5.10 Å². The van der Waals surface area contributed by atoms with Crippen LogP contribution in [0, 0.1) is 0 Å². The Bertz CT molecular complexity index is 1140. The van der Waals surface area contributed by atoms with Gasteiger partial charge in [-0.1, -0.05) is 60.7 Å². The van der Waals surface area contributed by atoms with Crippen LogP contribution < -0.4 is 5.43 Å². The number of carbonyl (C=O) groups is 1. The zero-order valence-electron chi connectivity index (χ0n) is 14.9. The van der Waals surface area contributed by atoms with Crippen molar-refractivity contribution in [2.75, 3.05) is 7.11 Å². The highest BCUT2D eigenvalue weighted by Gasteiger charge is 2.09. The van der Waals surface area contributed by atoms with Gasteiger partial charge in [0.05, 0.1) is 13.3 Å². The highest BCUT2D eigenvalue weighted by molar-refractivity contribution is 5.99. The Balaban J connectivity index is 1.73. The summed E-state index contributed by atoms with van der Waals surface area (Å²) in [5, 5.41) is 7.53. The van der Waals surface area contributed by atoms with E-state index in [1.807, 2.05) is 12.1 Å². The summed E-state index contributed by atoms with van der Waals surface area (Å²) in [6.45, 7) is 0.750. The van der Waals surface area contributed by atoms with Gasteiger partial charge < -0.3 is 9.30 Å². The van der Waals surface area contributed by atoms with Crippen LogP contribution in [-0.2, 0) is 11.3 Å². The van der Waals surface area contributed by atoms with Gasteiger partial charge in [0.25, 0.3) is 0 Å². The second kappa shape index (κ2) is 7.33. The highest BCUT2D eigenvalue weighted by atomic mass is 16.5. The van der Waals surface area contributed by atoms with Crippen LogP contribution in [0.4, 0.5) is 4.79 Å². The molecule has 1 N–H and O–H groups in total. The Morgan fingerprint density at radius 1 is 1.04 bits per heavy atom. The van der Waals surface area contributed by atoms with E-state index in [9.17, 15) is 4.79 Å². The fourth-order valence-electron chi connectivity index (χ4n) is 3.32. The topological polar surface area (TPSA) is 55.6 Å². The summed E-state index contributed by atoms with van der Waals surface area (Å²) >= 11 is 0. The van der Waals surface area contributed by atoms with Crippen molar-refractivity contribution < 1.29 is 9.53 Å². The number of hydrogen-bond donors (Lipinski definition) is 1. The van der Waals surface area contributed by atoms with Gasteiger partial charge in [0.15, 0.2) is 0 Å². The van der Waals surface area contributed by atoms with Crippen molar-refractivity contribution in [1.82, 2.24) is 9.99 Å². The number of benzene rings is 3. The van der Waals surface area contributed by atoms with Crippen LogP contribution in [0.3, 0.4) is 0 Å². The minimum atomic E-state index is -0.592. The number of methoxy groups -OCH3 is 1. The van der Waals surface area contributed by atoms with Gasteiger partial charge in [-0.25, -0.2) is 10.2 Å². The number of carbonyl (C=O) groups excluding carboxylic acids is 1. The van der Waals surface area contributed by atoms with Gasteiger partial charge in [-0.3, -0.25) is 0 Å². The van der Waals surface area contributed by atoms with Gasteiger partial charge in [-0.15, -0.1) is 0 Å². The predicted octanol–water partition coefficient (Wildman–Crippen LogP) is 4.53. The number of rotatable bonds is 4. The number of aromatic nitrogens is 1. The van der Waals surface area contributed by atoms with E-state index in [2.05, 4.69) is 80.6 Å². The van der Waals surface area contributed by atoms with Crippen LogP contribution in [0.25, 0.3) is 21.7 Å². The quantitative estimate of drug-likeness (QED) is 0.431. The SMILES string of the molecule is COC(=O)N/N=C/c1cn(Cc2cccc3ccccc23)c2ccccc12. The van der Waals surface area contributed by atoms with Crippen molar-refractivity contribution in [2.45, 2.75) is 6.54 Å². The monoisotopic (exact) mass is 357 g/mol. The average Bonchev–Trinajstić information content (AvgIpc) is 3.06. The van der Waals surface area contributed by atoms with E-state index in [1.54, 1.807) is 6.21 Å². The molecule has 0 bridgehead atoms. The average molecular weight is 357 g/mol. The van der Waals surface area contributed by atoms with Gasteiger partial charge in [0.2, 0.25) is 0 Å². The van der Waals surface area contributed by atoms with Gasteiger partial charge >= 0.3 is 6.09 Å². The molecule has 0 fully saturated rings. The molecule has 0 saturated heterocycles. The molecule has 4 rings (SSSR count). The summed E-state index contributed by atoms with van der Waals surface area (Å²) in [7, 11) is 1.31. The lowest BCUT2D eigenvalue weighted by molar-refractivity contribution is 0.171. The van der Waals surface area contributed by atoms with E-state index >= 15 is 0 Å². The molecule has 5 nitrogen and oxygen atoms in total. The Kier molecular flexibility index (Phi) is 4.58. The second-order valence-electron chi connectivity index (χ2n) is 6.23. The molecule has 1 amide bonds. The summed E-state index contributed by atoms with van der Waals surface area (Å²) in [6, 6.07) is 22.9. The molecule has 134 valence electrons. The molecule has 0 unspecified atom stereocenters. The van der Waals surface area contributed by atoms with E-state index in [0.29, 0.717) is 0 Å². The molecule has 1 heterocycles. The first-order valence-electron chi connectivity index (χ1n) is 8.68. The summed E-state index contributed by atoms with van der Waals surface area (Å²) in [5.41, 5.74) is 5.63. The Labute approximate surface area is 156 Å². The molecule has 0 atom stereocenters. The van der Waals surface area contributed by atoms with Crippen molar-refractivity contribution in [3.63, 3.8) is 0 Å². The lowest BCUT2D eigenvalue weighted by Crippen LogP contribution is -2.16. The van der Waals surface area contributed by atoms with Crippen molar-refractivity contribution in [3.8, 4) is 0 Å². The standard InChI is InChI=1S/C22H19N3O2/c1-27-22(26)24-23-13-18-15-25(21-12-5-4-11-20(18)21)14-17-9-6-8-16-7-2-3-10-19(16)17/h2-13,15H,14H2,1H3,(H,24,26)/b23-13+. The fraction of sp³-hybridized carbons (Fsp3) is 0.0909. The number of nitrogens with one attached hydrogen (secondary N) is 1. The van der Waals surface area contributed by atoms with E-state index in [-0.39, 0.29) is 0 Å². The van der Waals surface area contributed by atoms with Crippen LogP contribution in [0.15, 0.2) is 78.0 Å². The largest absolute Gasteiger partial charge is 0.452 e. The van der Waals surface area contributed by atoms with Crippen LogP contribution in [0.2, 0.25) is 0 Å². The number of fused-ring (bicyclic) bond motifs is 2. The van der Waals surface area contributed by atoms with Crippen molar-refractivity contribution in [3.05, 3.63) is 84.1 Å². The van der Waals surface area contributed by atoms with E-state index in [0.717, 1.165) is 23.0 Å². The summed E-state index contributed by atoms with van der Waals surface area (Å²) in [6.07, 6.45) is 3.10. The van der Waals surface area contributed by atoms with Crippen LogP contribution >= 0.6 is 0 Å². The number of hydrazone groups is 1. The normalized spacial score (nSPS) is 11.3. The maximum atomic E-state index is 11.2. The molecule has 0 radical (unpaired) electrons. The molecule has 0 aliphatic heterocycles. The molecule has 0 saturated carbocycles. The number of nitrogens with zero attached hydrogens (tertiary/aromatic N) is 2. The Hall–Kier alpha value is -3.60. The molecule has 3 aromatic carbocycles. The molecule has 0 aliphatic rings. The third-order valence-corrected chi connectivity index (χ3v) is 4.58. The Morgan fingerprint density at radius 3 is 2.63 bits per heavy atom.